The Kier molecular flexibility index (Phi) is 3.81. The highest BCUT2D eigenvalue weighted by Crippen LogP contribution is 2.25. The number of ether oxygens (including phenoxy) is 1. The summed E-state index contributed by atoms with van der Waals surface area (Å²) in [6.07, 6.45) is 0. The largest absolute Gasteiger partial charge is 0.495 e. The molecule has 0 N–H and O–H groups in total. The summed E-state index contributed by atoms with van der Waals surface area (Å²) in [5.41, 5.74) is 0.0905. The predicted molar refractivity (Wildman–Crippen MR) is 55.8 cm³/mol. The second kappa shape index (κ2) is 4.89. The van der Waals surface area contributed by atoms with Gasteiger partial charge in [-0.25, -0.2) is 4.39 Å². The van der Waals surface area contributed by atoms with Crippen LogP contribution in [0.25, 0.3) is 0 Å². The van der Waals surface area contributed by atoms with Crippen LogP contribution in [-0.2, 0) is 0 Å². The molecule has 0 heterocycles. The third-order valence-electron chi connectivity index (χ3n) is 1.80. The maximum atomic E-state index is 13.1. The molecule has 0 saturated carbocycles. The van der Waals surface area contributed by atoms with Crippen molar-refractivity contribution in [1.29, 1.82) is 5.26 Å². The average molecular weight is 272 g/mol. The lowest BCUT2D eigenvalue weighted by Crippen LogP contribution is -2.05. The van der Waals surface area contributed by atoms with Crippen LogP contribution in [0.5, 0.6) is 5.75 Å². The molecule has 0 aliphatic rings. The lowest BCUT2D eigenvalue weighted by atomic mass is 10.1. The Morgan fingerprint density at radius 1 is 1.67 bits per heavy atom. The Bertz CT molecular complexity index is 440. The Morgan fingerprint density at radius 2 is 2.33 bits per heavy atom. The minimum absolute atomic E-state index is 0.0156. The van der Waals surface area contributed by atoms with Crippen molar-refractivity contribution in [2.24, 2.45) is 0 Å². The zero-order valence-corrected chi connectivity index (χ0v) is 9.47. The van der Waals surface area contributed by atoms with Crippen molar-refractivity contribution in [2.45, 2.75) is 0 Å². The second-order valence-corrected chi connectivity index (χ2v) is 3.26. The molecule has 0 amide bonds. The average Bonchev–Trinajstić information content (AvgIpc) is 2.26. The van der Waals surface area contributed by atoms with Crippen molar-refractivity contribution in [3.8, 4) is 11.8 Å². The fourth-order valence-electron chi connectivity index (χ4n) is 1.18. The van der Waals surface area contributed by atoms with Crippen LogP contribution >= 0.6 is 15.9 Å². The van der Waals surface area contributed by atoms with E-state index in [2.05, 4.69) is 15.9 Å². The number of nitriles is 1. The Labute approximate surface area is 94.6 Å². The molecule has 0 aliphatic carbocycles. The van der Waals surface area contributed by atoms with E-state index in [1.54, 1.807) is 6.07 Å². The summed E-state index contributed by atoms with van der Waals surface area (Å²) < 4.78 is 18.0. The maximum absolute atomic E-state index is 13.1. The summed E-state index contributed by atoms with van der Waals surface area (Å²) in [7, 11) is 1.33. The van der Waals surface area contributed by atoms with Crippen molar-refractivity contribution in [3.63, 3.8) is 0 Å². The number of carbonyl (C=O) groups excluding carboxylic acids is 1. The monoisotopic (exact) mass is 271 g/mol. The molecule has 5 heteroatoms. The molecule has 0 unspecified atom stereocenters. The first kappa shape index (κ1) is 11.7. The summed E-state index contributed by atoms with van der Waals surface area (Å²) in [5, 5.41) is 8.79. The summed E-state index contributed by atoms with van der Waals surface area (Å²) in [4.78, 5) is 11.4. The third-order valence-corrected chi connectivity index (χ3v) is 2.31. The SMILES string of the molecule is COc1c(C#N)cc(F)cc1C(=O)CBr. The van der Waals surface area contributed by atoms with Crippen LogP contribution in [0.1, 0.15) is 15.9 Å². The molecule has 0 radical (unpaired) electrons. The number of hydrogen-bond donors (Lipinski definition) is 0. The first-order valence-corrected chi connectivity index (χ1v) is 5.13. The van der Waals surface area contributed by atoms with Gasteiger partial charge in [0.1, 0.15) is 17.6 Å². The van der Waals surface area contributed by atoms with Gasteiger partial charge in [0.25, 0.3) is 0 Å². The number of halogens is 2. The molecule has 0 aromatic heterocycles. The van der Waals surface area contributed by atoms with Crippen LogP contribution in [0, 0.1) is 17.1 Å². The van der Waals surface area contributed by atoms with Gasteiger partial charge in [-0.2, -0.15) is 5.26 Å². The maximum Gasteiger partial charge on any atom is 0.177 e. The smallest absolute Gasteiger partial charge is 0.177 e. The van der Waals surface area contributed by atoms with Crippen molar-refractivity contribution in [1.82, 2.24) is 0 Å². The van der Waals surface area contributed by atoms with E-state index in [9.17, 15) is 9.18 Å². The van der Waals surface area contributed by atoms with Gasteiger partial charge in [0, 0.05) is 0 Å². The first-order valence-electron chi connectivity index (χ1n) is 4.00. The first-order chi connectivity index (χ1) is 7.13. The molecule has 0 fully saturated rings. The molecule has 0 bridgehead atoms. The number of methoxy groups -OCH3 is 1. The minimum Gasteiger partial charge on any atom is -0.495 e. The zero-order chi connectivity index (χ0) is 11.4. The number of alkyl halides is 1. The van der Waals surface area contributed by atoms with E-state index < -0.39 is 5.82 Å². The quantitative estimate of drug-likeness (QED) is 0.626. The third kappa shape index (κ3) is 2.34. The van der Waals surface area contributed by atoms with Crippen LogP contribution in [-0.4, -0.2) is 18.2 Å². The van der Waals surface area contributed by atoms with Gasteiger partial charge >= 0.3 is 0 Å². The number of benzene rings is 1. The highest BCUT2D eigenvalue weighted by Gasteiger charge is 2.16. The number of rotatable bonds is 3. The zero-order valence-electron chi connectivity index (χ0n) is 7.88. The lowest BCUT2D eigenvalue weighted by molar-refractivity contribution is 0.102. The molecule has 0 saturated heterocycles. The molecule has 15 heavy (non-hydrogen) atoms. The topological polar surface area (TPSA) is 50.1 Å². The molecule has 0 spiro atoms. The van der Waals surface area contributed by atoms with Crippen molar-refractivity contribution >= 4 is 21.7 Å². The molecule has 78 valence electrons. The molecular formula is C10H7BrFNO2. The number of Topliss-reactive ketones (excluding diaryl/α,β-unsaturated/α-hetero) is 1. The van der Waals surface area contributed by atoms with E-state index in [0.29, 0.717) is 0 Å². The summed E-state index contributed by atoms with van der Waals surface area (Å²) in [6.45, 7) is 0. The summed E-state index contributed by atoms with van der Waals surface area (Å²) in [5.74, 6) is -0.845. The van der Waals surface area contributed by atoms with Crippen LogP contribution < -0.4 is 4.74 Å². The standard InChI is InChI=1S/C10H7BrFNO2/c1-15-10-6(5-13)2-7(12)3-8(10)9(14)4-11/h2-3H,4H2,1H3. The van der Waals surface area contributed by atoms with E-state index >= 15 is 0 Å². The van der Waals surface area contributed by atoms with Crippen molar-refractivity contribution in [3.05, 3.63) is 29.1 Å². The van der Waals surface area contributed by atoms with E-state index in [1.807, 2.05) is 0 Å². The second-order valence-electron chi connectivity index (χ2n) is 2.70. The molecule has 1 aromatic carbocycles. The fraction of sp³-hybridized carbons (Fsp3) is 0.200. The van der Waals surface area contributed by atoms with Crippen molar-refractivity contribution in [2.75, 3.05) is 12.4 Å². The van der Waals surface area contributed by atoms with E-state index in [1.165, 1.54) is 7.11 Å². The van der Waals surface area contributed by atoms with Gasteiger partial charge in [-0.3, -0.25) is 4.79 Å². The Balaban J connectivity index is 3.43. The van der Waals surface area contributed by atoms with E-state index in [0.717, 1.165) is 12.1 Å². The van der Waals surface area contributed by atoms with Gasteiger partial charge < -0.3 is 4.74 Å². The summed E-state index contributed by atoms with van der Waals surface area (Å²) in [6, 6.07) is 3.86. The minimum atomic E-state index is -0.628. The van der Waals surface area contributed by atoms with Crippen LogP contribution in [0.4, 0.5) is 4.39 Å². The molecule has 1 rings (SSSR count). The number of carbonyl (C=O) groups is 1. The van der Waals surface area contributed by atoms with Gasteiger partial charge in [0.15, 0.2) is 5.78 Å². The van der Waals surface area contributed by atoms with Gasteiger partial charge in [0.2, 0.25) is 0 Å². The van der Waals surface area contributed by atoms with Gasteiger partial charge in [0.05, 0.1) is 23.6 Å². The van der Waals surface area contributed by atoms with Crippen LogP contribution in [0.2, 0.25) is 0 Å². The Hall–Kier alpha value is -1.41. The highest BCUT2D eigenvalue weighted by molar-refractivity contribution is 9.09. The van der Waals surface area contributed by atoms with Crippen LogP contribution in [0.15, 0.2) is 12.1 Å². The van der Waals surface area contributed by atoms with Crippen LogP contribution in [0.3, 0.4) is 0 Å². The fourth-order valence-corrected chi connectivity index (χ4v) is 1.48. The summed E-state index contributed by atoms with van der Waals surface area (Å²) >= 11 is 2.98. The molecule has 1 aromatic rings. The molecule has 0 atom stereocenters. The number of nitrogens with zero attached hydrogens (tertiary/aromatic N) is 1. The highest BCUT2D eigenvalue weighted by atomic mass is 79.9. The lowest BCUT2D eigenvalue weighted by Gasteiger charge is -2.08. The van der Waals surface area contributed by atoms with E-state index in [4.69, 9.17) is 10.00 Å². The van der Waals surface area contributed by atoms with Gasteiger partial charge in [-0.15, -0.1) is 0 Å². The normalized spacial score (nSPS) is 9.47. The molecular weight excluding hydrogens is 265 g/mol. The predicted octanol–water partition coefficient (Wildman–Crippen LogP) is 2.28. The van der Waals surface area contributed by atoms with Gasteiger partial charge in [-0.1, -0.05) is 15.9 Å². The van der Waals surface area contributed by atoms with Gasteiger partial charge in [-0.05, 0) is 12.1 Å². The molecule has 0 aliphatic heterocycles. The number of hydrogen-bond acceptors (Lipinski definition) is 3. The Morgan fingerprint density at radius 3 is 2.80 bits per heavy atom. The van der Waals surface area contributed by atoms with E-state index in [-0.39, 0.29) is 28.0 Å². The van der Waals surface area contributed by atoms with Crippen molar-refractivity contribution < 1.29 is 13.9 Å². The number of ketones is 1. The molecule has 3 nitrogen and oxygen atoms in total.